The van der Waals surface area contributed by atoms with E-state index >= 15 is 0 Å². The number of para-hydroxylation sites is 2. The molecule has 282 valence electrons. The van der Waals surface area contributed by atoms with Gasteiger partial charge in [0.15, 0.2) is 0 Å². The lowest BCUT2D eigenvalue weighted by Gasteiger charge is -2.30. The van der Waals surface area contributed by atoms with Crippen molar-refractivity contribution in [3.05, 3.63) is 236 Å². The van der Waals surface area contributed by atoms with E-state index in [1.165, 1.54) is 0 Å². The highest BCUT2D eigenvalue weighted by molar-refractivity contribution is 6.19. The van der Waals surface area contributed by atoms with Crippen LogP contribution in [0.4, 0.5) is 17.1 Å². The van der Waals surface area contributed by atoms with Crippen LogP contribution < -0.4 is 4.90 Å². The average molecular weight is 779 g/mol. The summed E-state index contributed by atoms with van der Waals surface area (Å²) in [5, 5.41) is 1.54. The summed E-state index contributed by atoms with van der Waals surface area (Å²) in [6, 6.07) is 42.9. The van der Waals surface area contributed by atoms with E-state index in [2.05, 4.69) is 0 Å². The quantitative estimate of drug-likeness (QED) is 0.153. The fourth-order valence-corrected chi connectivity index (χ4v) is 7.81. The molecule has 10 aromatic carbocycles. The van der Waals surface area contributed by atoms with Gasteiger partial charge in [0.25, 0.3) is 0 Å². The Kier molecular flexibility index (Phi) is 6.06. The second kappa shape index (κ2) is 15.1. The number of hydrogen-bond donors (Lipinski definition) is 0. The third-order valence-electron chi connectivity index (χ3n) is 10.7. The van der Waals surface area contributed by atoms with Gasteiger partial charge in [0, 0.05) is 27.6 Å². The van der Waals surface area contributed by atoms with Gasteiger partial charge in [0.05, 0.1) is 29.2 Å². The second-order valence-corrected chi connectivity index (χ2v) is 14.2. The Morgan fingerprint density at radius 3 is 1.78 bits per heavy atom. The van der Waals surface area contributed by atoms with Crippen LogP contribution in [-0.4, -0.2) is 0 Å². The lowest BCUT2D eigenvalue weighted by Crippen LogP contribution is -2.12. The summed E-state index contributed by atoms with van der Waals surface area (Å²) in [5.74, 6) is 0. The smallest absolute Gasteiger partial charge is 0.136 e. The monoisotopic (exact) mass is 778 g/mol. The molecule has 0 aliphatic rings. The normalized spacial score (nSPS) is 14.4. The largest absolute Gasteiger partial charge is 0.456 e. The maximum absolute atomic E-state index is 9.84. The van der Waals surface area contributed by atoms with Crippen molar-refractivity contribution in [3.8, 4) is 55.6 Å². The van der Waals surface area contributed by atoms with Crippen LogP contribution in [-0.2, 0) is 0 Å². The third kappa shape index (κ3) is 6.41. The zero-order valence-electron chi connectivity index (χ0n) is 44.9. The summed E-state index contributed by atoms with van der Waals surface area (Å²) in [7, 11) is 0. The predicted octanol–water partition coefficient (Wildman–Crippen LogP) is 16.5. The molecule has 0 amide bonds. The van der Waals surface area contributed by atoms with Crippen LogP contribution >= 0.6 is 0 Å². The Balaban J connectivity index is 1.19. The zero-order valence-corrected chi connectivity index (χ0v) is 31.9. The maximum Gasteiger partial charge on any atom is 0.136 e. The van der Waals surface area contributed by atoms with Gasteiger partial charge < -0.3 is 9.32 Å². The second-order valence-electron chi connectivity index (χ2n) is 14.2. The topological polar surface area (TPSA) is 16.4 Å². The Morgan fingerprint density at radius 2 is 0.983 bits per heavy atom. The molecule has 0 aliphatic heterocycles. The van der Waals surface area contributed by atoms with Gasteiger partial charge >= 0.3 is 0 Å². The fourth-order valence-electron chi connectivity index (χ4n) is 7.81. The van der Waals surface area contributed by atoms with Gasteiger partial charge in [-0.05, 0) is 104 Å². The first-order valence-electron chi connectivity index (χ1n) is 25.9. The highest BCUT2D eigenvalue weighted by Gasteiger charge is 2.22. The standard InChI is InChI=1S/C58H39NO/c1-4-14-40(15-5-1)42-24-26-45(27-25-42)50-20-10-12-22-54(50)59(49-34-30-43(31-35-49)41-16-6-2-7-17-41)55-36-32-48(38-52(55)44-18-8-3-9-19-44)47-29-28-46-33-37-57-58(53(46)39-47)51-21-11-13-23-56(51)60-57/h1-39H/i2D,6D,7D,16D,17D,21D,30D,31D,33D,34D,35D,37D,39D. The fraction of sp³-hybridized carbons (Fsp3) is 0. The Labute approximate surface area is 368 Å². The van der Waals surface area contributed by atoms with E-state index in [1.54, 1.807) is 47.4 Å². The van der Waals surface area contributed by atoms with E-state index in [0.29, 0.717) is 66.3 Å². The van der Waals surface area contributed by atoms with Crippen LogP contribution in [0.25, 0.3) is 88.3 Å². The number of hydrogen-bond acceptors (Lipinski definition) is 2. The number of rotatable bonds is 8. The molecule has 11 aromatic rings. The summed E-state index contributed by atoms with van der Waals surface area (Å²) in [6.45, 7) is 0. The summed E-state index contributed by atoms with van der Waals surface area (Å²) in [5.41, 5.74) is 6.04. The van der Waals surface area contributed by atoms with Crippen LogP contribution in [0, 0.1) is 0 Å². The predicted molar refractivity (Wildman–Crippen MR) is 253 cm³/mol. The minimum Gasteiger partial charge on any atom is -0.456 e. The molecule has 1 aromatic heterocycles. The van der Waals surface area contributed by atoms with Gasteiger partial charge in [-0.1, -0.05) is 188 Å². The van der Waals surface area contributed by atoms with Gasteiger partial charge in [0.2, 0.25) is 0 Å². The third-order valence-corrected chi connectivity index (χ3v) is 10.7. The summed E-state index contributed by atoms with van der Waals surface area (Å²) >= 11 is 0. The van der Waals surface area contributed by atoms with Gasteiger partial charge in [-0.3, -0.25) is 0 Å². The zero-order chi connectivity index (χ0) is 51.1. The molecule has 1 heterocycles. The van der Waals surface area contributed by atoms with Crippen molar-refractivity contribution in [1.82, 2.24) is 0 Å². The Hall–Kier alpha value is -7.94. The van der Waals surface area contributed by atoms with Crippen LogP contribution in [0.2, 0.25) is 0 Å². The minimum absolute atomic E-state index is 0.0395. The SMILES string of the molecule is [2H]c1c([2H])c([2H])c(-c2c([2H])c([2H])c(N(c3ccccc3-c3ccc(-c4ccccc4)cc3)c3ccc(-c4ccc5c([2H])c([2H])c6oc7cccc([2H])c7c6c5c4[2H])cc3-c3ccccc3)c([2H])c2[2H])c([2H])c1[2H]. The lowest BCUT2D eigenvalue weighted by atomic mass is 9.93. The molecular formula is C58H39NO. The molecule has 0 atom stereocenters. The molecule has 11 rings (SSSR count). The summed E-state index contributed by atoms with van der Waals surface area (Å²) < 4.78 is 124. The van der Waals surface area contributed by atoms with E-state index in [4.69, 9.17) is 15.4 Å². The molecule has 0 N–H and O–H groups in total. The molecule has 2 heteroatoms. The van der Waals surface area contributed by atoms with Gasteiger partial charge in [-0.2, -0.15) is 0 Å². The molecule has 0 unspecified atom stereocenters. The van der Waals surface area contributed by atoms with Gasteiger partial charge in [0.1, 0.15) is 11.2 Å². The molecule has 60 heavy (non-hydrogen) atoms. The van der Waals surface area contributed by atoms with Crippen LogP contribution in [0.5, 0.6) is 0 Å². The van der Waals surface area contributed by atoms with Crippen molar-refractivity contribution in [3.63, 3.8) is 0 Å². The first-order valence-corrected chi connectivity index (χ1v) is 19.4. The lowest BCUT2D eigenvalue weighted by molar-refractivity contribution is 0.669. The minimum atomic E-state index is -0.675. The number of nitrogens with zero attached hydrogens (tertiary/aromatic N) is 1. The average Bonchev–Trinajstić information content (AvgIpc) is 3.82. The van der Waals surface area contributed by atoms with E-state index in [9.17, 15) is 6.85 Å². The van der Waals surface area contributed by atoms with Crippen LogP contribution in [0.3, 0.4) is 0 Å². The first kappa shape index (κ1) is 24.1. The van der Waals surface area contributed by atoms with Crippen LogP contribution in [0.1, 0.15) is 17.8 Å². The van der Waals surface area contributed by atoms with E-state index in [-0.39, 0.29) is 35.4 Å². The molecule has 0 radical (unpaired) electrons. The number of furan rings is 1. The molecule has 0 fully saturated rings. The van der Waals surface area contributed by atoms with Crippen molar-refractivity contribution >= 4 is 49.8 Å². The van der Waals surface area contributed by atoms with Crippen molar-refractivity contribution in [2.24, 2.45) is 0 Å². The molecule has 2 nitrogen and oxygen atoms in total. The number of fused-ring (bicyclic) bond motifs is 5. The number of benzene rings is 10. The van der Waals surface area contributed by atoms with E-state index < -0.39 is 65.5 Å². The van der Waals surface area contributed by atoms with Crippen molar-refractivity contribution < 1.29 is 22.2 Å². The molecular weight excluding hydrogens is 727 g/mol. The molecule has 0 spiro atoms. The highest BCUT2D eigenvalue weighted by atomic mass is 16.3. The summed E-state index contributed by atoms with van der Waals surface area (Å²) in [6.07, 6.45) is 0. The summed E-state index contributed by atoms with van der Waals surface area (Å²) in [4.78, 5) is 1.67. The Bertz CT molecular complexity index is 4010. The van der Waals surface area contributed by atoms with Gasteiger partial charge in [-0.25, -0.2) is 0 Å². The Morgan fingerprint density at radius 1 is 0.367 bits per heavy atom. The molecule has 0 aliphatic carbocycles. The van der Waals surface area contributed by atoms with Crippen molar-refractivity contribution in [2.75, 3.05) is 4.90 Å². The highest BCUT2D eigenvalue weighted by Crippen LogP contribution is 2.47. The number of anilines is 3. The molecule has 0 saturated heterocycles. The van der Waals surface area contributed by atoms with Crippen LogP contribution in [0.15, 0.2) is 241 Å². The van der Waals surface area contributed by atoms with Gasteiger partial charge in [-0.15, -0.1) is 0 Å². The van der Waals surface area contributed by atoms with E-state index in [0.717, 1.165) is 16.7 Å². The maximum atomic E-state index is 9.84. The van der Waals surface area contributed by atoms with Crippen molar-refractivity contribution in [2.45, 2.75) is 0 Å². The van der Waals surface area contributed by atoms with E-state index in [1.807, 2.05) is 115 Å². The molecule has 0 bridgehead atoms. The molecule has 0 saturated carbocycles. The first-order chi connectivity index (χ1) is 35.2. The van der Waals surface area contributed by atoms with Crippen molar-refractivity contribution in [1.29, 1.82) is 0 Å².